The molecule has 0 rings (SSSR count). The molecule has 0 aliphatic heterocycles. The third-order valence-corrected chi connectivity index (χ3v) is 3.85. The smallest absolute Gasteiger partial charge is 0.337 e. The Balaban J connectivity index is 6.55. The second-order valence-corrected chi connectivity index (χ2v) is 6.59. The van der Waals surface area contributed by atoms with Gasteiger partial charge in [0.2, 0.25) is 11.8 Å². The van der Waals surface area contributed by atoms with Crippen molar-refractivity contribution < 1.29 is 38.6 Å². The molecule has 0 fully saturated rings. The molecule has 0 saturated carbocycles. The standard InChI is InChI=1S/C20H28N2O8/c1-11(2)17(18(26)21-10-16(24)25)22(14(5)23)15(8-12(3)19(27)29-6)9-13(4)20(28)30-7/h8-9,11,17H,3,10H2,1-2,4-7H3,(H,21,26)(H,24,25)/b13-9+,15-8+. The van der Waals surface area contributed by atoms with Crippen LogP contribution in [0.3, 0.4) is 0 Å². The van der Waals surface area contributed by atoms with Crippen LogP contribution >= 0.6 is 0 Å². The molecule has 0 aromatic heterocycles. The number of aliphatic carboxylic acids is 1. The predicted octanol–water partition coefficient (Wildman–Crippen LogP) is 0.793. The molecule has 10 nitrogen and oxygen atoms in total. The number of hydrogen-bond acceptors (Lipinski definition) is 7. The van der Waals surface area contributed by atoms with Gasteiger partial charge in [-0.25, -0.2) is 9.59 Å². The van der Waals surface area contributed by atoms with Crippen LogP contribution in [0.2, 0.25) is 0 Å². The zero-order valence-corrected chi connectivity index (χ0v) is 18.0. The van der Waals surface area contributed by atoms with Crippen molar-refractivity contribution in [3.63, 3.8) is 0 Å². The van der Waals surface area contributed by atoms with Crippen LogP contribution in [-0.4, -0.2) is 66.5 Å². The van der Waals surface area contributed by atoms with Crippen molar-refractivity contribution in [3.8, 4) is 0 Å². The first kappa shape index (κ1) is 26.6. The van der Waals surface area contributed by atoms with E-state index in [1.165, 1.54) is 33.1 Å². The van der Waals surface area contributed by atoms with Crippen LogP contribution in [-0.2, 0) is 33.4 Å². The maximum atomic E-state index is 12.7. The number of ether oxygens (including phenoxy) is 2. The number of carbonyl (C=O) groups is 5. The average Bonchev–Trinajstić information content (AvgIpc) is 2.67. The summed E-state index contributed by atoms with van der Waals surface area (Å²) in [6, 6.07) is -1.14. The van der Waals surface area contributed by atoms with Gasteiger partial charge in [-0.2, -0.15) is 0 Å². The molecule has 0 bridgehead atoms. The van der Waals surface area contributed by atoms with Gasteiger partial charge in [0.1, 0.15) is 12.6 Å². The summed E-state index contributed by atoms with van der Waals surface area (Å²) in [6.45, 7) is 8.86. The summed E-state index contributed by atoms with van der Waals surface area (Å²) in [4.78, 5) is 60.7. The van der Waals surface area contributed by atoms with Crippen LogP contribution in [0.1, 0.15) is 27.7 Å². The Kier molecular flexibility index (Phi) is 10.8. The minimum Gasteiger partial charge on any atom is -0.480 e. The van der Waals surface area contributed by atoms with E-state index in [4.69, 9.17) is 5.11 Å². The maximum absolute atomic E-state index is 12.7. The highest BCUT2D eigenvalue weighted by molar-refractivity contribution is 5.94. The number of nitrogens with zero attached hydrogens (tertiary/aromatic N) is 1. The number of nitrogens with one attached hydrogen (secondary N) is 1. The number of carboxylic acid groups (broad SMARTS) is 1. The molecule has 10 heteroatoms. The van der Waals surface area contributed by atoms with Crippen molar-refractivity contribution in [1.29, 1.82) is 0 Å². The van der Waals surface area contributed by atoms with Crippen LogP contribution in [0.15, 0.2) is 35.6 Å². The highest BCUT2D eigenvalue weighted by atomic mass is 16.5. The van der Waals surface area contributed by atoms with Crippen molar-refractivity contribution in [1.82, 2.24) is 10.2 Å². The van der Waals surface area contributed by atoms with Crippen molar-refractivity contribution in [2.45, 2.75) is 33.7 Å². The van der Waals surface area contributed by atoms with E-state index in [1.807, 2.05) is 0 Å². The Morgan fingerprint density at radius 3 is 1.97 bits per heavy atom. The fourth-order valence-electron chi connectivity index (χ4n) is 2.51. The van der Waals surface area contributed by atoms with E-state index >= 15 is 0 Å². The Bertz CT molecular complexity index is 780. The van der Waals surface area contributed by atoms with Gasteiger partial charge in [0.15, 0.2) is 0 Å². The molecule has 166 valence electrons. The zero-order valence-electron chi connectivity index (χ0n) is 18.0. The topological polar surface area (TPSA) is 139 Å². The first-order valence-electron chi connectivity index (χ1n) is 8.92. The lowest BCUT2D eigenvalue weighted by Crippen LogP contribution is -2.52. The van der Waals surface area contributed by atoms with E-state index in [1.54, 1.807) is 13.8 Å². The maximum Gasteiger partial charge on any atom is 0.337 e. The molecule has 0 saturated heterocycles. The number of hydrogen-bond donors (Lipinski definition) is 2. The summed E-state index contributed by atoms with van der Waals surface area (Å²) >= 11 is 0. The molecule has 30 heavy (non-hydrogen) atoms. The van der Waals surface area contributed by atoms with Gasteiger partial charge in [-0.05, 0) is 25.0 Å². The summed E-state index contributed by atoms with van der Waals surface area (Å²) in [6.07, 6.45) is 2.46. The van der Waals surface area contributed by atoms with E-state index in [0.29, 0.717) is 0 Å². The number of rotatable bonds is 10. The summed E-state index contributed by atoms with van der Waals surface area (Å²) in [5.41, 5.74) is -0.0489. The monoisotopic (exact) mass is 424 g/mol. The largest absolute Gasteiger partial charge is 0.480 e. The molecule has 0 aromatic carbocycles. The molecule has 2 amide bonds. The molecule has 0 aliphatic carbocycles. The highest BCUT2D eigenvalue weighted by Gasteiger charge is 2.33. The quantitative estimate of drug-likeness (QED) is 0.298. The van der Waals surface area contributed by atoms with Crippen LogP contribution in [0.5, 0.6) is 0 Å². The number of carboxylic acids is 1. The second-order valence-electron chi connectivity index (χ2n) is 6.59. The minimum absolute atomic E-state index is 0.00461. The third-order valence-electron chi connectivity index (χ3n) is 3.85. The Labute approximate surface area is 175 Å². The Morgan fingerprint density at radius 2 is 1.57 bits per heavy atom. The number of esters is 2. The average molecular weight is 424 g/mol. The molecule has 0 radical (unpaired) electrons. The fourth-order valence-corrected chi connectivity index (χ4v) is 2.51. The molecule has 2 N–H and O–H groups in total. The van der Waals surface area contributed by atoms with Crippen molar-refractivity contribution in [3.05, 3.63) is 35.6 Å². The van der Waals surface area contributed by atoms with Gasteiger partial charge in [0.05, 0.1) is 19.8 Å². The van der Waals surface area contributed by atoms with E-state index in [2.05, 4.69) is 21.4 Å². The summed E-state index contributed by atoms with van der Waals surface area (Å²) in [7, 11) is 2.32. The van der Waals surface area contributed by atoms with E-state index in [0.717, 1.165) is 12.0 Å². The minimum atomic E-state index is -1.25. The summed E-state index contributed by atoms with van der Waals surface area (Å²) < 4.78 is 9.25. The SMILES string of the molecule is C=C(/C=C(\C=C(/C)C(=O)OC)N(C(C)=O)C(C(=O)NCC(=O)O)C(C)C)C(=O)OC. The Hall–Kier alpha value is -3.43. The van der Waals surface area contributed by atoms with E-state index in [-0.39, 0.29) is 16.8 Å². The van der Waals surface area contributed by atoms with Gasteiger partial charge < -0.3 is 19.9 Å². The van der Waals surface area contributed by atoms with E-state index < -0.39 is 48.2 Å². The summed E-state index contributed by atoms with van der Waals surface area (Å²) in [5.74, 6) is -4.49. The van der Waals surface area contributed by atoms with Gasteiger partial charge in [-0.15, -0.1) is 0 Å². The van der Waals surface area contributed by atoms with Crippen LogP contribution < -0.4 is 5.32 Å². The highest BCUT2D eigenvalue weighted by Crippen LogP contribution is 2.22. The first-order chi connectivity index (χ1) is 13.9. The molecule has 0 aliphatic rings. The van der Waals surface area contributed by atoms with Gasteiger partial charge in [-0.3, -0.25) is 19.3 Å². The van der Waals surface area contributed by atoms with Gasteiger partial charge in [0.25, 0.3) is 0 Å². The number of amides is 2. The summed E-state index contributed by atoms with van der Waals surface area (Å²) in [5, 5.41) is 11.1. The van der Waals surface area contributed by atoms with E-state index in [9.17, 15) is 24.0 Å². The number of allylic oxidation sites excluding steroid dienone is 1. The lowest BCUT2D eigenvalue weighted by Gasteiger charge is -2.33. The molecule has 0 spiro atoms. The third kappa shape index (κ3) is 7.90. The molecule has 0 heterocycles. The van der Waals surface area contributed by atoms with Crippen LogP contribution in [0.4, 0.5) is 0 Å². The van der Waals surface area contributed by atoms with Crippen molar-refractivity contribution in [2.24, 2.45) is 5.92 Å². The fraction of sp³-hybridized carbons (Fsp3) is 0.450. The molecule has 1 unspecified atom stereocenters. The molecule has 0 aromatic rings. The number of carbonyl (C=O) groups excluding carboxylic acids is 4. The molecule has 1 atom stereocenters. The van der Waals surface area contributed by atoms with Gasteiger partial charge >= 0.3 is 17.9 Å². The molecular weight excluding hydrogens is 396 g/mol. The van der Waals surface area contributed by atoms with Crippen LogP contribution in [0.25, 0.3) is 0 Å². The zero-order chi connectivity index (χ0) is 23.6. The lowest BCUT2D eigenvalue weighted by molar-refractivity contribution is -0.141. The molecular formula is C20H28N2O8. The second kappa shape index (κ2) is 12.2. The van der Waals surface area contributed by atoms with Crippen molar-refractivity contribution in [2.75, 3.05) is 20.8 Å². The number of methoxy groups -OCH3 is 2. The normalized spacial score (nSPS) is 12.6. The van der Waals surface area contributed by atoms with Gasteiger partial charge in [0, 0.05) is 18.2 Å². The lowest BCUT2D eigenvalue weighted by atomic mass is 9.99. The Morgan fingerprint density at radius 1 is 1.03 bits per heavy atom. The predicted molar refractivity (Wildman–Crippen MR) is 107 cm³/mol. The van der Waals surface area contributed by atoms with Crippen LogP contribution in [0, 0.1) is 5.92 Å². The van der Waals surface area contributed by atoms with Gasteiger partial charge in [-0.1, -0.05) is 20.4 Å². The first-order valence-corrected chi connectivity index (χ1v) is 8.92. The van der Waals surface area contributed by atoms with Crippen molar-refractivity contribution >= 4 is 29.7 Å².